The number of hydrogen-bond acceptors (Lipinski definition) is 2. The minimum Gasteiger partial charge on any atom is -0.287 e. The highest BCUT2D eigenvalue weighted by atomic mass is 35.5. The van der Waals surface area contributed by atoms with Gasteiger partial charge in [0.2, 0.25) is 0 Å². The highest BCUT2D eigenvalue weighted by Gasteiger charge is 2.02. The van der Waals surface area contributed by atoms with E-state index in [0.717, 1.165) is 11.8 Å². The topological polar surface area (TPSA) is 17.1 Å². The zero-order valence-corrected chi connectivity index (χ0v) is 7.88. The summed E-state index contributed by atoms with van der Waals surface area (Å²) in [5.74, 6) is -0.468. The number of hydrogen-bond donors (Lipinski definition) is 0. The van der Waals surface area contributed by atoms with Crippen molar-refractivity contribution in [1.82, 2.24) is 0 Å². The molecule has 0 N–H and O–H groups in total. The normalized spacial score (nSPS) is 9.92. The SMILES string of the molecule is CC(=O)Sc1ccc(F)c(Cl)c1. The monoisotopic (exact) mass is 204 g/mol. The van der Waals surface area contributed by atoms with Crippen molar-refractivity contribution >= 4 is 28.5 Å². The van der Waals surface area contributed by atoms with Gasteiger partial charge in [0.1, 0.15) is 5.82 Å². The van der Waals surface area contributed by atoms with E-state index in [4.69, 9.17) is 11.6 Å². The second-order valence-electron chi connectivity index (χ2n) is 2.17. The summed E-state index contributed by atoms with van der Waals surface area (Å²) in [4.78, 5) is 11.3. The first-order valence-electron chi connectivity index (χ1n) is 3.23. The number of rotatable bonds is 1. The maximum absolute atomic E-state index is 12.6. The Labute approximate surface area is 78.9 Å². The van der Waals surface area contributed by atoms with Crippen molar-refractivity contribution < 1.29 is 9.18 Å². The first-order chi connectivity index (χ1) is 5.59. The molecule has 64 valence electrons. The molecule has 0 radical (unpaired) electrons. The third-order valence-corrected chi connectivity index (χ3v) is 2.22. The van der Waals surface area contributed by atoms with Gasteiger partial charge in [-0.05, 0) is 18.2 Å². The summed E-state index contributed by atoms with van der Waals surface area (Å²) in [6, 6.07) is 4.20. The summed E-state index contributed by atoms with van der Waals surface area (Å²) < 4.78 is 12.6. The fourth-order valence-electron chi connectivity index (χ4n) is 0.706. The van der Waals surface area contributed by atoms with Crippen molar-refractivity contribution in [3.05, 3.63) is 29.0 Å². The Bertz CT molecular complexity index is 314. The van der Waals surface area contributed by atoms with Gasteiger partial charge in [-0.2, -0.15) is 0 Å². The fourth-order valence-corrected chi connectivity index (χ4v) is 1.60. The van der Waals surface area contributed by atoms with E-state index in [1.54, 1.807) is 0 Å². The first kappa shape index (κ1) is 9.55. The van der Waals surface area contributed by atoms with Crippen molar-refractivity contribution in [1.29, 1.82) is 0 Å². The van der Waals surface area contributed by atoms with Crippen LogP contribution >= 0.6 is 23.4 Å². The zero-order chi connectivity index (χ0) is 9.14. The zero-order valence-electron chi connectivity index (χ0n) is 6.30. The van der Waals surface area contributed by atoms with Crippen LogP contribution < -0.4 is 0 Å². The van der Waals surface area contributed by atoms with Crippen LogP contribution in [0.4, 0.5) is 4.39 Å². The molecule has 0 saturated heterocycles. The minimum absolute atomic E-state index is 0.0428. The Hall–Kier alpha value is -0.540. The van der Waals surface area contributed by atoms with Crippen molar-refractivity contribution in [2.24, 2.45) is 0 Å². The van der Waals surface area contributed by atoms with Gasteiger partial charge in [-0.15, -0.1) is 0 Å². The molecule has 12 heavy (non-hydrogen) atoms. The Balaban J connectivity index is 2.89. The molecule has 1 aromatic rings. The van der Waals surface area contributed by atoms with E-state index < -0.39 is 5.82 Å². The first-order valence-corrected chi connectivity index (χ1v) is 4.42. The number of carbonyl (C=O) groups is 1. The van der Waals surface area contributed by atoms with Crippen molar-refractivity contribution in [3.8, 4) is 0 Å². The molecule has 0 amide bonds. The van der Waals surface area contributed by atoms with Crippen LogP contribution in [0.2, 0.25) is 5.02 Å². The van der Waals surface area contributed by atoms with Crippen LogP contribution in [0.1, 0.15) is 6.92 Å². The molecule has 0 aliphatic heterocycles. The van der Waals surface area contributed by atoms with Crippen LogP contribution in [-0.4, -0.2) is 5.12 Å². The average molecular weight is 205 g/mol. The Morgan fingerprint density at radius 2 is 2.25 bits per heavy atom. The summed E-state index contributed by atoms with van der Waals surface area (Å²) in [7, 11) is 0. The summed E-state index contributed by atoms with van der Waals surface area (Å²) in [5.41, 5.74) is 0. The molecule has 4 heteroatoms. The Morgan fingerprint density at radius 3 is 2.75 bits per heavy atom. The van der Waals surface area contributed by atoms with Gasteiger partial charge in [0, 0.05) is 11.8 Å². The summed E-state index contributed by atoms with van der Waals surface area (Å²) >= 11 is 6.53. The molecular weight excluding hydrogens is 199 g/mol. The summed E-state index contributed by atoms with van der Waals surface area (Å²) in [6.07, 6.45) is 0. The van der Waals surface area contributed by atoms with Gasteiger partial charge in [0.15, 0.2) is 5.12 Å². The van der Waals surface area contributed by atoms with E-state index in [1.807, 2.05) is 0 Å². The maximum Gasteiger partial charge on any atom is 0.190 e. The maximum atomic E-state index is 12.6. The lowest BCUT2D eigenvalue weighted by Gasteiger charge is -1.97. The number of thioether (sulfide) groups is 1. The van der Waals surface area contributed by atoms with Gasteiger partial charge in [-0.25, -0.2) is 4.39 Å². The van der Waals surface area contributed by atoms with Gasteiger partial charge in [-0.1, -0.05) is 23.4 Å². The van der Waals surface area contributed by atoms with Gasteiger partial charge in [0.05, 0.1) is 5.02 Å². The van der Waals surface area contributed by atoms with E-state index in [0.29, 0.717) is 4.90 Å². The van der Waals surface area contributed by atoms with Crippen LogP contribution in [0, 0.1) is 5.82 Å². The van der Waals surface area contributed by atoms with E-state index in [-0.39, 0.29) is 10.1 Å². The van der Waals surface area contributed by atoms with Crippen LogP contribution in [0.15, 0.2) is 23.1 Å². The molecule has 0 fully saturated rings. The van der Waals surface area contributed by atoms with Gasteiger partial charge >= 0.3 is 0 Å². The summed E-state index contributed by atoms with van der Waals surface area (Å²) in [5, 5.41) is -0.000996. The lowest BCUT2D eigenvalue weighted by molar-refractivity contribution is -0.109. The molecule has 0 saturated carbocycles. The molecule has 1 nitrogen and oxygen atoms in total. The predicted molar refractivity (Wildman–Crippen MR) is 47.9 cm³/mol. The molecule has 0 aliphatic carbocycles. The standard InChI is InChI=1S/C8H6ClFOS/c1-5(11)12-6-2-3-8(10)7(9)4-6/h2-4H,1H3. The van der Waals surface area contributed by atoms with Crippen molar-refractivity contribution in [3.63, 3.8) is 0 Å². The molecule has 0 aromatic heterocycles. The average Bonchev–Trinajstić information content (AvgIpc) is 1.96. The molecule has 0 unspecified atom stereocenters. The molecule has 0 aliphatic rings. The highest BCUT2D eigenvalue weighted by molar-refractivity contribution is 8.13. The third kappa shape index (κ3) is 2.50. The molecule has 0 spiro atoms. The van der Waals surface area contributed by atoms with Gasteiger partial charge < -0.3 is 0 Å². The summed E-state index contributed by atoms with van der Waals surface area (Å²) in [6.45, 7) is 1.45. The minimum atomic E-state index is -0.468. The van der Waals surface area contributed by atoms with E-state index in [9.17, 15) is 9.18 Å². The fraction of sp³-hybridized carbons (Fsp3) is 0.125. The van der Waals surface area contributed by atoms with Crippen LogP contribution in [0.5, 0.6) is 0 Å². The van der Waals surface area contributed by atoms with Gasteiger partial charge in [0.25, 0.3) is 0 Å². The van der Waals surface area contributed by atoms with Crippen LogP contribution in [0.3, 0.4) is 0 Å². The second kappa shape index (κ2) is 3.92. The number of halogens is 2. The molecule has 0 heterocycles. The van der Waals surface area contributed by atoms with Crippen molar-refractivity contribution in [2.75, 3.05) is 0 Å². The Morgan fingerprint density at radius 1 is 1.58 bits per heavy atom. The quantitative estimate of drug-likeness (QED) is 0.654. The number of benzene rings is 1. The van der Waals surface area contributed by atoms with Gasteiger partial charge in [-0.3, -0.25) is 4.79 Å². The lowest BCUT2D eigenvalue weighted by Crippen LogP contribution is -1.82. The number of carbonyl (C=O) groups excluding carboxylic acids is 1. The lowest BCUT2D eigenvalue weighted by atomic mass is 10.3. The second-order valence-corrected chi connectivity index (χ2v) is 3.83. The molecule has 1 aromatic carbocycles. The molecule has 0 atom stereocenters. The Kier molecular flexibility index (Phi) is 3.12. The van der Waals surface area contributed by atoms with E-state index in [2.05, 4.69) is 0 Å². The van der Waals surface area contributed by atoms with E-state index in [1.165, 1.54) is 25.1 Å². The van der Waals surface area contributed by atoms with Crippen molar-refractivity contribution in [2.45, 2.75) is 11.8 Å². The van der Waals surface area contributed by atoms with Crippen LogP contribution in [0.25, 0.3) is 0 Å². The molecule has 0 bridgehead atoms. The smallest absolute Gasteiger partial charge is 0.190 e. The third-order valence-electron chi connectivity index (χ3n) is 1.15. The van der Waals surface area contributed by atoms with E-state index >= 15 is 0 Å². The molecular formula is C8H6ClFOS. The molecule has 1 rings (SSSR count). The highest BCUT2D eigenvalue weighted by Crippen LogP contribution is 2.24. The predicted octanol–water partition coefficient (Wildman–Crippen LogP) is 3.12. The largest absolute Gasteiger partial charge is 0.287 e. The van der Waals surface area contributed by atoms with Crippen LogP contribution in [-0.2, 0) is 4.79 Å².